The number of carbonyl (C=O) groups is 1. The van der Waals surface area contributed by atoms with Crippen LogP contribution in [-0.4, -0.2) is 47.7 Å². The van der Waals surface area contributed by atoms with Crippen LogP contribution in [0.4, 0.5) is 5.82 Å². The van der Waals surface area contributed by atoms with Crippen LogP contribution in [0.5, 0.6) is 0 Å². The zero-order valence-corrected chi connectivity index (χ0v) is 14.4. The molecule has 2 heterocycles. The summed E-state index contributed by atoms with van der Waals surface area (Å²) in [6.07, 6.45) is 1.80. The summed E-state index contributed by atoms with van der Waals surface area (Å²) in [7, 11) is 0. The lowest BCUT2D eigenvalue weighted by molar-refractivity contribution is -0.118. The average molecular weight is 323 g/mol. The standard InChI is InChI=1S/C16H25N3O2S/c1-16(2,3)22-12-14(20)18-11-13-5-4-6-17-15(13)19-7-9-21-10-8-19/h4-6H,7-12H2,1-3H3,(H,18,20). The maximum Gasteiger partial charge on any atom is 0.230 e. The van der Waals surface area contributed by atoms with Gasteiger partial charge in [0.05, 0.1) is 19.0 Å². The van der Waals surface area contributed by atoms with E-state index >= 15 is 0 Å². The van der Waals surface area contributed by atoms with Crippen LogP contribution in [-0.2, 0) is 16.1 Å². The lowest BCUT2D eigenvalue weighted by Crippen LogP contribution is -2.38. The molecule has 1 aliphatic rings. The third-order valence-corrected chi connectivity index (χ3v) is 4.56. The van der Waals surface area contributed by atoms with E-state index in [-0.39, 0.29) is 10.7 Å². The number of hydrogen-bond donors (Lipinski definition) is 1. The summed E-state index contributed by atoms with van der Waals surface area (Å²) in [5.41, 5.74) is 1.05. The summed E-state index contributed by atoms with van der Waals surface area (Å²) in [6.45, 7) is 10.0. The van der Waals surface area contributed by atoms with Crippen molar-refractivity contribution in [3.05, 3.63) is 23.9 Å². The van der Waals surface area contributed by atoms with Gasteiger partial charge in [-0.25, -0.2) is 4.98 Å². The Morgan fingerprint density at radius 2 is 2.14 bits per heavy atom. The van der Waals surface area contributed by atoms with E-state index in [1.807, 2.05) is 12.1 Å². The second kappa shape index (κ2) is 7.83. The van der Waals surface area contributed by atoms with Gasteiger partial charge >= 0.3 is 0 Å². The van der Waals surface area contributed by atoms with E-state index in [0.717, 1.165) is 37.7 Å². The second-order valence-corrected chi connectivity index (χ2v) is 8.07. The monoisotopic (exact) mass is 323 g/mol. The Bertz CT molecular complexity index is 496. The summed E-state index contributed by atoms with van der Waals surface area (Å²) >= 11 is 1.65. The smallest absolute Gasteiger partial charge is 0.230 e. The molecule has 1 saturated heterocycles. The van der Waals surface area contributed by atoms with E-state index in [4.69, 9.17) is 4.74 Å². The summed E-state index contributed by atoms with van der Waals surface area (Å²) in [6, 6.07) is 3.93. The van der Waals surface area contributed by atoms with Gasteiger partial charge < -0.3 is 15.0 Å². The molecule has 0 radical (unpaired) electrons. The minimum absolute atomic E-state index is 0.0664. The third-order valence-electron chi connectivity index (χ3n) is 3.29. The van der Waals surface area contributed by atoms with E-state index in [2.05, 4.69) is 36.0 Å². The average Bonchev–Trinajstić information content (AvgIpc) is 2.51. The molecular weight excluding hydrogens is 298 g/mol. The molecule has 0 atom stereocenters. The molecule has 0 saturated carbocycles. The first-order valence-electron chi connectivity index (χ1n) is 7.63. The maximum atomic E-state index is 12.0. The summed E-state index contributed by atoms with van der Waals surface area (Å²) in [5.74, 6) is 1.50. The van der Waals surface area contributed by atoms with Crippen LogP contribution < -0.4 is 10.2 Å². The van der Waals surface area contributed by atoms with Crippen LogP contribution in [0.15, 0.2) is 18.3 Å². The molecule has 5 nitrogen and oxygen atoms in total. The van der Waals surface area contributed by atoms with Crippen molar-refractivity contribution in [3.63, 3.8) is 0 Å². The Morgan fingerprint density at radius 3 is 2.82 bits per heavy atom. The number of aromatic nitrogens is 1. The highest BCUT2D eigenvalue weighted by atomic mass is 32.2. The van der Waals surface area contributed by atoms with Crippen molar-refractivity contribution in [1.82, 2.24) is 10.3 Å². The normalized spacial score (nSPS) is 15.7. The highest BCUT2D eigenvalue weighted by Crippen LogP contribution is 2.22. The number of hydrogen-bond acceptors (Lipinski definition) is 5. The van der Waals surface area contributed by atoms with Gasteiger partial charge in [-0.1, -0.05) is 26.8 Å². The van der Waals surface area contributed by atoms with Gasteiger partial charge in [0.15, 0.2) is 0 Å². The number of nitrogens with zero attached hydrogens (tertiary/aromatic N) is 2. The van der Waals surface area contributed by atoms with Gasteiger partial charge in [-0.15, -0.1) is 11.8 Å². The molecule has 1 aliphatic heterocycles. The molecule has 0 aromatic carbocycles. The van der Waals surface area contributed by atoms with Crippen molar-refractivity contribution in [3.8, 4) is 0 Å². The number of rotatable bonds is 5. The van der Waals surface area contributed by atoms with Crippen molar-refractivity contribution in [1.29, 1.82) is 0 Å². The number of thioether (sulfide) groups is 1. The Labute approximate surface area is 136 Å². The largest absolute Gasteiger partial charge is 0.378 e. The van der Waals surface area contributed by atoms with Crippen LogP contribution in [0.2, 0.25) is 0 Å². The SMILES string of the molecule is CC(C)(C)SCC(=O)NCc1cccnc1N1CCOCC1. The predicted octanol–water partition coefficient (Wildman–Crippen LogP) is 2.07. The third kappa shape index (κ3) is 5.50. The van der Waals surface area contributed by atoms with Crippen molar-refractivity contribution in [2.75, 3.05) is 37.0 Å². The highest BCUT2D eigenvalue weighted by Gasteiger charge is 2.17. The van der Waals surface area contributed by atoms with Crippen molar-refractivity contribution >= 4 is 23.5 Å². The molecule has 1 aromatic heterocycles. The first kappa shape index (κ1) is 17.1. The Morgan fingerprint density at radius 1 is 1.41 bits per heavy atom. The summed E-state index contributed by atoms with van der Waals surface area (Å²) in [4.78, 5) is 18.7. The fourth-order valence-electron chi connectivity index (χ4n) is 2.16. The van der Waals surface area contributed by atoms with Gasteiger partial charge in [-0.3, -0.25) is 4.79 Å². The zero-order chi connectivity index (χ0) is 16.0. The number of pyridine rings is 1. The van der Waals surface area contributed by atoms with E-state index in [9.17, 15) is 4.79 Å². The number of ether oxygens (including phenoxy) is 1. The van der Waals surface area contributed by atoms with Gasteiger partial charge in [0.25, 0.3) is 0 Å². The quantitative estimate of drug-likeness (QED) is 0.899. The maximum absolute atomic E-state index is 12.0. The van der Waals surface area contributed by atoms with Gasteiger partial charge in [0.1, 0.15) is 5.82 Å². The molecule has 1 aromatic rings. The van der Waals surface area contributed by atoms with Crippen molar-refractivity contribution < 1.29 is 9.53 Å². The summed E-state index contributed by atoms with van der Waals surface area (Å²) < 4.78 is 5.48. The Hall–Kier alpha value is -1.27. The van der Waals surface area contributed by atoms with Gasteiger partial charge in [0, 0.05) is 36.1 Å². The first-order valence-corrected chi connectivity index (χ1v) is 8.61. The van der Waals surface area contributed by atoms with E-state index in [0.29, 0.717) is 12.3 Å². The molecular formula is C16H25N3O2S. The van der Waals surface area contributed by atoms with E-state index in [1.165, 1.54) is 0 Å². The number of morpholine rings is 1. The number of carbonyl (C=O) groups excluding carboxylic acids is 1. The predicted molar refractivity (Wildman–Crippen MR) is 91.3 cm³/mol. The van der Waals surface area contributed by atoms with Crippen LogP contribution >= 0.6 is 11.8 Å². The van der Waals surface area contributed by atoms with Crippen LogP contribution in [0.25, 0.3) is 0 Å². The first-order chi connectivity index (χ1) is 10.5. The highest BCUT2D eigenvalue weighted by molar-refractivity contribution is 8.01. The van der Waals surface area contributed by atoms with Gasteiger partial charge in [-0.05, 0) is 6.07 Å². The lowest BCUT2D eigenvalue weighted by Gasteiger charge is -2.29. The minimum Gasteiger partial charge on any atom is -0.378 e. The number of amides is 1. The van der Waals surface area contributed by atoms with E-state index < -0.39 is 0 Å². The van der Waals surface area contributed by atoms with Crippen LogP contribution in [0.3, 0.4) is 0 Å². The number of anilines is 1. The molecule has 1 amide bonds. The molecule has 0 aliphatic carbocycles. The molecule has 1 N–H and O–H groups in total. The Kier molecular flexibility index (Phi) is 6.08. The topological polar surface area (TPSA) is 54.5 Å². The minimum atomic E-state index is 0.0664. The summed E-state index contributed by atoms with van der Waals surface area (Å²) in [5, 5.41) is 2.99. The second-order valence-electron chi connectivity index (χ2n) is 6.26. The molecule has 0 spiro atoms. The molecule has 22 heavy (non-hydrogen) atoms. The van der Waals surface area contributed by atoms with Crippen molar-refractivity contribution in [2.24, 2.45) is 0 Å². The molecule has 0 unspecified atom stereocenters. The zero-order valence-electron chi connectivity index (χ0n) is 13.6. The molecule has 122 valence electrons. The number of nitrogens with one attached hydrogen (secondary N) is 1. The molecule has 0 bridgehead atoms. The lowest BCUT2D eigenvalue weighted by atomic mass is 10.2. The molecule has 2 rings (SSSR count). The Balaban J connectivity index is 1.91. The molecule has 6 heteroatoms. The van der Waals surface area contributed by atoms with E-state index in [1.54, 1.807) is 18.0 Å². The van der Waals surface area contributed by atoms with Crippen molar-refractivity contribution in [2.45, 2.75) is 32.1 Å². The van der Waals surface area contributed by atoms with Crippen LogP contribution in [0, 0.1) is 0 Å². The van der Waals surface area contributed by atoms with Gasteiger partial charge in [0.2, 0.25) is 5.91 Å². The fraction of sp³-hybridized carbons (Fsp3) is 0.625. The fourth-order valence-corrected chi connectivity index (χ4v) is 2.82. The van der Waals surface area contributed by atoms with Crippen LogP contribution in [0.1, 0.15) is 26.3 Å². The van der Waals surface area contributed by atoms with Gasteiger partial charge in [-0.2, -0.15) is 0 Å². The molecule has 1 fully saturated rings.